The van der Waals surface area contributed by atoms with Crippen LogP contribution in [0.3, 0.4) is 0 Å². The van der Waals surface area contributed by atoms with Crippen molar-refractivity contribution < 1.29 is 9.53 Å². The molecule has 0 saturated heterocycles. The summed E-state index contributed by atoms with van der Waals surface area (Å²) in [5.41, 5.74) is 1.15. The van der Waals surface area contributed by atoms with Gasteiger partial charge in [-0.1, -0.05) is 62.7 Å². The molecule has 0 fully saturated rings. The minimum Gasteiger partial charge on any atom is -0.376 e. The lowest BCUT2D eigenvalue weighted by atomic mass is 9.72. The molecule has 5 heteroatoms. The Morgan fingerprint density at radius 1 is 1.04 bits per heavy atom. The molecule has 140 valence electrons. The number of methoxy groups -OCH3 is 1. The van der Waals surface area contributed by atoms with Crippen LogP contribution in [0.25, 0.3) is 0 Å². The van der Waals surface area contributed by atoms with E-state index < -0.39 is 5.60 Å². The molecule has 1 unspecified atom stereocenters. The first kappa shape index (κ1) is 20.3. The molecule has 0 bridgehead atoms. The summed E-state index contributed by atoms with van der Waals surface area (Å²) in [5, 5.41) is 6.40. The second kappa shape index (κ2) is 8.56. The Morgan fingerprint density at radius 3 is 2.19 bits per heavy atom. The van der Waals surface area contributed by atoms with Crippen LogP contribution in [0, 0.1) is 5.41 Å². The van der Waals surface area contributed by atoms with E-state index in [1.807, 2.05) is 18.2 Å². The number of carbonyl (C=O) groups is 1. The molecule has 2 aromatic carbocycles. The van der Waals surface area contributed by atoms with Crippen LogP contribution in [0.2, 0.25) is 5.02 Å². The summed E-state index contributed by atoms with van der Waals surface area (Å²) >= 11 is 5.87. The highest BCUT2D eigenvalue weighted by atomic mass is 35.5. The second-order valence-corrected chi connectivity index (χ2v) is 7.86. The number of ether oxygens (including phenoxy) is 1. The van der Waals surface area contributed by atoms with Crippen LogP contribution in [0.15, 0.2) is 54.6 Å². The summed E-state index contributed by atoms with van der Waals surface area (Å²) in [7, 11) is 1.70. The van der Waals surface area contributed by atoms with Crippen molar-refractivity contribution in [1.82, 2.24) is 5.32 Å². The molecule has 0 heterocycles. The van der Waals surface area contributed by atoms with Crippen molar-refractivity contribution in [2.24, 2.45) is 5.41 Å². The normalized spacial score (nSPS) is 13.7. The quantitative estimate of drug-likeness (QED) is 0.735. The van der Waals surface area contributed by atoms with Gasteiger partial charge in [0, 0.05) is 30.8 Å². The maximum Gasteiger partial charge on any atom is 0.319 e. The van der Waals surface area contributed by atoms with Crippen LogP contribution in [0.4, 0.5) is 10.5 Å². The summed E-state index contributed by atoms with van der Waals surface area (Å²) in [5.74, 6) is 0. The van der Waals surface area contributed by atoms with Crippen LogP contribution >= 0.6 is 11.6 Å². The van der Waals surface area contributed by atoms with Gasteiger partial charge in [0.15, 0.2) is 0 Å². The first-order chi connectivity index (χ1) is 12.3. The van der Waals surface area contributed by atoms with Crippen molar-refractivity contribution in [1.29, 1.82) is 0 Å². The van der Waals surface area contributed by atoms with Crippen molar-refractivity contribution in [2.75, 3.05) is 19.0 Å². The Balaban J connectivity index is 2.08. The summed E-state index contributed by atoms with van der Waals surface area (Å²) in [4.78, 5) is 12.3. The van der Waals surface area contributed by atoms with Gasteiger partial charge < -0.3 is 15.4 Å². The molecule has 0 aliphatic rings. The van der Waals surface area contributed by atoms with Crippen LogP contribution in [-0.4, -0.2) is 25.3 Å². The number of hydrogen-bond acceptors (Lipinski definition) is 2. The van der Waals surface area contributed by atoms with Gasteiger partial charge in [0.2, 0.25) is 0 Å². The first-order valence-corrected chi connectivity index (χ1v) is 9.03. The number of benzene rings is 2. The predicted octanol–water partition coefficient (Wildman–Crippen LogP) is 5.14. The van der Waals surface area contributed by atoms with Crippen molar-refractivity contribution in [3.63, 3.8) is 0 Å². The molecule has 2 aromatic rings. The topological polar surface area (TPSA) is 50.4 Å². The molecule has 0 aliphatic heterocycles. The van der Waals surface area contributed by atoms with Gasteiger partial charge in [-0.2, -0.15) is 0 Å². The Morgan fingerprint density at radius 2 is 1.65 bits per heavy atom. The van der Waals surface area contributed by atoms with E-state index in [1.165, 1.54) is 5.56 Å². The number of rotatable bonds is 6. The summed E-state index contributed by atoms with van der Waals surface area (Å²) in [6, 6.07) is 16.9. The Labute approximate surface area is 160 Å². The highest BCUT2D eigenvalue weighted by Crippen LogP contribution is 2.36. The fraction of sp³-hybridized carbons (Fsp3) is 0.381. The lowest BCUT2D eigenvalue weighted by Gasteiger charge is -2.44. The maximum absolute atomic E-state index is 12.3. The minimum absolute atomic E-state index is 0.175. The fourth-order valence-corrected chi connectivity index (χ4v) is 3.03. The fourth-order valence-electron chi connectivity index (χ4n) is 2.90. The van der Waals surface area contributed by atoms with E-state index in [1.54, 1.807) is 31.4 Å². The third-order valence-corrected chi connectivity index (χ3v) is 4.98. The molecular formula is C21H27ClN2O2. The van der Waals surface area contributed by atoms with Crippen molar-refractivity contribution in [3.05, 3.63) is 65.2 Å². The molecule has 26 heavy (non-hydrogen) atoms. The Bertz CT molecular complexity index is 711. The predicted molar refractivity (Wildman–Crippen MR) is 108 cm³/mol. The monoisotopic (exact) mass is 374 g/mol. The average molecular weight is 375 g/mol. The van der Waals surface area contributed by atoms with E-state index in [4.69, 9.17) is 16.3 Å². The SMILES string of the molecule is COC(CNC(=O)Nc1ccc(Cl)cc1)(Cc1ccccc1)C(C)(C)C. The van der Waals surface area contributed by atoms with Gasteiger partial charge in [-0.05, 0) is 35.2 Å². The van der Waals surface area contributed by atoms with Crippen LogP contribution < -0.4 is 10.6 Å². The highest BCUT2D eigenvalue weighted by Gasteiger charge is 2.42. The zero-order valence-electron chi connectivity index (χ0n) is 15.8. The van der Waals surface area contributed by atoms with E-state index in [0.29, 0.717) is 23.7 Å². The second-order valence-electron chi connectivity index (χ2n) is 7.43. The summed E-state index contributed by atoms with van der Waals surface area (Å²) in [6.07, 6.45) is 0.703. The van der Waals surface area contributed by atoms with Crippen LogP contribution in [-0.2, 0) is 11.2 Å². The molecule has 0 radical (unpaired) electrons. The largest absolute Gasteiger partial charge is 0.376 e. The van der Waals surface area contributed by atoms with Crippen LogP contribution in [0.5, 0.6) is 0 Å². The number of nitrogens with one attached hydrogen (secondary N) is 2. The Hall–Kier alpha value is -2.04. The number of halogens is 1. The van der Waals surface area contributed by atoms with Gasteiger partial charge in [0.05, 0.1) is 5.60 Å². The first-order valence-electron chi connectivity index (χ1n) is 8.65. The third kappa shape index (κ3) is 5.23. The number of amides is 2. The molecular weight excluding hydrogens is 348 g/mol. The lowest BCUT2D eigenvalue weighted by Crippen LogP contribution is -2.55. The summed E-state index contributed by atoms with van der Waals surface area (Å²) < 4.78 is 5.96. The zero-order chi connectivity index (χ0) is 19.2. The van der Waals surface area contributed by atoms with Gasteiger partial charge in [0.25, 0.3) is 0 Å². The van der Waals surface area contributed by atoms with E-state index >= 15 is 0 Å². The van der Waals surface area contributed by atoms with Gasteiger partial charge in [-0.25, -0.2) is 4.79 Å². The van der Waals surface area contributed by atoms with Gasteiger partial charge >= 0.3 is 6.03 Å². The number of urea groups is 1. The number of anilines is 1. The molecule has 2 amide bonds. The molecule has 0 saturated carbocycles. The summed E-state index contributed by atoms with van der Waals surface area (Å²) in [6.45, 7) is 6.76. The lowest BCUT2D eigenvalue weighted by molar-refractivity contribution is -0.0875. The van der Waals surface area contributed by atoms with E-state index in [9.17, 15) is 4.79 Å². The highest BCUT2D eigenvalue weighted by molar-refractivity contribution is 6.30. The molecule has 4 nitrogen and oxygen atoms in total. The van der Waals surface area contributed by atoms with Gasteiger partial charge in [-0.3, -0.25) is 0 Å². The van der Waals surface area contributed by atoms with E-state index in [0.717, 1.165) is 0 Å². The standard InChI is InChI=1S/C21H27ClN2O2/c1-20(2,3)21(26-4,14-16-8-6-5-7-9-16)15-23-19(25)24-18-12-10-17(22)11-13-18/h5-13H,14-15H2,1-4H3,(H2,23,24,25). The molecule has 2 rings (SSSR count). The molecule has 1 atom stereocenters. The number of hydrogen-bond donors (Lipinski definition) is 2. The van der Waals surface area contributed by atoms with E-state index in [2.05, 4.69) is 43.5 Å². The van der Waals surface area contributed by atoms with Gasteiger partial charge in [0.1, 0.15) is 0 Å². The number of carbonyl (C=O) groups excluding carboxylic acids is 1. The minimum atomic E-state index is -0.536. The van der Waals surface area contributed by atoms with Crippen LogP contribution in [0.1, 0.15) is 26.3 Å². The van der Waals surface area contributed by atoms with Gasteiger partial charge in [-0.15, -0.1) is 0 Å². The smallest absolute Gasteiger partial charge is 0.319 e. The molecule has 0 spiro atoms. The molecule has 2 N–H and O–H groups in total. The molecule has 0 aromatic heterocycles. The maximum atomic E-state index is 12.3. The third-order valence-electron chi connectivity index (χ3n) is 4.73. The average Bonchev–Trinajstić information content (AvgIpc) is 2.60. The van der Waals surface area contributed by atoms with Crippen molar-refractivity contribution >= 4 is 23.3 Å². The molecule has 0 aliphatic carbocycles. The van der Waals surface area contributed by atoms with Crippen molar-refractivity contribution in [3.8, 4) is 0 Å². The zero-order valence-corrected chi connectivity index (χ0v) is 16.6. The van der Waals surface area contributed by atoms with E-state index in [-0.39, 0.29) is 11.4 Å². The van der Waals surface area contributed by atoms with Crippen molar-refractivity contribution in [2.45, 2.75) is 32.8 Å². The Kier molecular flexibility index (Phi) is 6.68.